The van der Waals surface area contributed by atoms with Crippen molar-refractivity contribution in [3.63, 3.8) is 0 Å². The van der Waals surface area contributed by atoms with E-state index in [1.54, 1.807) is 13.8 Å². The van der Waals surface area contributed by atoms with E-state index in [0.29, 0.717) is 16.5 Å². The molecule has 0 bridgehead atoms. The van der Waals surface area contributed by atoms with Crippen molar-refractivity contribution in [2.75, 3.05) is 18.5 Å². The van der Waals surface area contributed by atoms with Crippen LogP contribution >= 0.6 is 11.3 Å². The van der Waals surface area contributed by atoms with Gasteiger partial charge in [-0.05, 0) is 37.7 Å². The van der Waals surface area contributed by atoms with E-state index < -0.39 is 17.8 Å². The maximum Gasteiger partial charge on any atom is 0.341 e. The van der Waals surface area contributed by atoms with Gasteiger partial charge in [-0.3, -0.25) is 9.59 Å². The van der Waals surface area contributed by atoms with Gasteiger partial charge in [0.15, 0.2) is 6.61 Å². The Morgan fingerprint density at radius 2 is 2.00 bits per heavy atom. The molecule has 0 aromatic carbocycles. The maximum absolute atomic E-state index is 12.3. The minimum atomic E-state index is -0.450. The first-order valence-corrected chi connectivity index (χ1v) is 9.04. The average molecular weight is 353 g/mol. The van der Waals surface area contributed by atoms with Crippen molar-refractivity contribution < 1.29 is 23.9 Å². The summed E-state index contributed by atoms with van der Waals surface area (Å²) < 4.78 is 9.98. The Balaban J connectivity index is 2.20. The van der Waals surface area contributed by atoms with Crippen LogP contribution in [0, 0.1) is 5.92 Å². The predicted molar refractivity (Wildman–Crippen MR) is 91.3 cm³/mol. The van der Waals surface area contributed by atoms with Crippen LogP contribution in [0.1, 0.15) is 54.4 Å². The van der Waals surface area contributed by atoms with Crippen LogP contribution in [0.3, 0.4) is 0 Å². The molecule has 1 atom stereocenters. The lowest BCUT2D eigenvalue weighted by atomic mass is 9.88. The number of fused-ring (bicyclic) bond motifs is 1. The molecule has 0 aliphatic heterocycles. The molecule has 6 nitrogen and oxygen atoms in total. The molecule has 0 fully saturated rings. The summed E-state index contributed by atoms with van der Waals surface area (Å²) in [7, 11) is 0. The second-order valence-corrected chi connectivity index (χ2v) is 6.94. The van der Waals surface area contributed by atoms with E-state index in [1.165, 1.54) is 11.3 Å². The van der Waals surface area contributed by atoms with Crippen molar-refractivity contribution in [3.8, 4) is 0 Å². The Hall–Kier alpha value is -1.89. The Bertz CT molecular complexity index is 637. The highest BCUT2D eigenvalue weighted by Crippen LogP contribution is 2.40. The fourth-order valence-corrected chi connectivity index (χ4v) is 4.08. The van der Waals surface area contributed by atoms with Gasteiger partial charge in [0.05, 0.1) is 12.2 Å². The van der Waals surface area contributed by atoms with Crippen LogP contribution in [0.5, 0.6) is 0 Å². The summed E-state index contributed by atoms with van der Waals surface area (Å²) in [4.78, 5) is 36.6. The van der Waals surface area contributed by atoms with E-state index in [-0.39, 0.29) is 19.6 Å². The van der Waals surface area contributed by atoms with Crippen LogP contribution < -0.4 is 5.32 Å². The third-order valence-electron chi connectivity index (χ3n) is 3.90. The lowest BCUT2D eigenvalue weighted by Crippen LogP contribution is -2.21. The summed E-state index contributed by atoms with van der Waals surface area (Å²) in [6.07, 6.45) is 2.93. The number of hydrogen-bond donors (Lipinski definition) is 1. The molecule has 1 aliphatic carbocycles. The van der Waals surface area contributed by atoms with Crippen LogP contribution in [0.2, 0.25) is 0 Å². The van der Waals surface area contributed by atoms with Crippen LogP contribution in [0.25, 0.3) is 0 Å². The maximum atomic E-state index is 12.3. The zero-order chi connectivity index (χ0) is 17.7. The van der Waals surface area contributed by atoms with Crippen LogP contribution in [0.15, 0.2) is 0 Å². The molecule has 1 aromatic heterocycles. The number of anilines is 1. The van der Waals surface area contributed by atoms with Crippen molar-refractivity contribution in [1.29, 1.82) is 0 Å². The smallest absolute Gasteiger partial charge is 0.341 e. The van der Waals surface area contributed by atoms with Gasteiger partial charge in [-0.1, -0.05) is 13.8 Å². The molecule has 0 saturated carbocycles. The number of ether oxygens (including phenoxy) is 2. The fourth-order valence-electron chi connectivity index (χ4n) is 2.67. The van der Waals surface area contributed by atoms with Gasteiger partial charge in [-0.2, -0.15) is 0 Å². The highest BCUT2D eigenvalue weighted by atomic mass is 32.1. The molecule has 1 aromatic rings. The van der Waals surface area contributed by atoms with E-state index >= 15 is 0 Å². The second kappa shape index (κ2) is 8.28. The van der Waals surface area contributed by atoms with E-state index in [9.17, 15) is 14.4 Å². The van der Waals surface area contributed by atoms with Gasteiger partial charge in [-0.25, -0.2) is 4.79 Å². The van der Waals surface area contributed by atoms with Gasteiger partial charge < -0.3 is 14.8 Å². The van der Waals surface area contributed by atoms with Gasteiger partial charge >= 0.3 is 11.9 Å². The van der Waals surface area contributed by atoms with Crippen LogP contribution in [0.4, 0.5) is 5.00 Å². The number of hydrogen-bond acceptors (Lipinski definition) is 6. The third-order valence-corrected chi connectivity index (χ3v) is 5.07. The van der Waals surface area contributed by atoms with Crippen LogP contribution in [-0.2, 0) is 31.9 Å². The van der Waals surface area contributed by atoms with Gasteiger partial charge in [0, 0.05) is 11.3 Å². The molecule has 24 heavy (non-hydrogen) atoms. The zero-order valence-electron chi connectivity index (χ0n) is 14.3. The number of carbonyl (C=O) groups excluding carboxylic acids is 3. The highest BCUT2D eigenvalue weighted by molar-refractivity contribution is 7.17. The summed E-state index contributed by atoms with van der Waals surface area (Å²) in [6.45, 7) is 5.51. The second-order valence-electron chi connectivity index (χ2n) is 5.84. The van der Waals surface area contributed by atoms with Gasteiger partial charge in [-0.15, -0.1) is 11.3 Å². The molecular formula is C17H23NO5S. The quantitative estimate of drug-likeness (QED) is 0.795. The van der Waals surface area contributed by atoms with Gasteiger partial charge in [0.1, 0.15) is 5.00 Å². The molecule has 0 radical (unpaired) electrons. The third kappa shape index (κ3) is 4.35. The number of thiophene rings is 1. The van der Waals surface area contributed by atoms with Crippen LogP contribution in [-0.4, -0.2) is 31.1 Å². The molecule has 1 amide bonds. The summed E-state index contributed by atoms with van der Waals surface area (Å²) in [5, 5.41) is 3.19. The molecule has 1 N–H and O–H groups in total. The van der Waals surface area contributed by atoms with Crippen molar-refractivity contribution in [2.45, 2.75) is 46.5 Å². The molecule has 1 heterocycles. The summed E-state index contributed by atoms with van der Waals surface area (Å²) >= 11 is 1.41. The molecular weight excluding hydrogens is 330 g/mol. The van der Waals surface area contributed by atoms with E-state index in [4.69, 9.17) is 9.47 Å². The number of esters is 2. The van der Waals surface area contributed by atoms with E-state index in [2.05, 4.69) is 12.2 Å². The Labute approximate surface area is 145 Å². The highest BCUT2D eigenvalue weighted by Gasteiger charge is 2.29. The lowest BCUT2D eigenvalue weighted by Gasteiger charge is -2.18. The molecule has 1 unspecified atom stereocenters. The number of nitrogens with one attached hydrogen (secondary N) is 1. The first-order chi connectivity index (χ1) is 11.5. The summed E-state index contributed by atoms with van der Waals surface area (Å²) in [6, 6.07) is 0. The largest absolute Gasteiger partial charge is 0.462 e. The minimum Gasteiger partial charge on any atom is -0.462 e. The Morgan fingerprint density at radius 3 is 2.67 bits per heavy atom. The fraction of sp³-hybridized carbons (Fsp3) is 0.588. The normalized spacial score (nSPS) is 16.2. The van der Waals surface area contributed by atoms with E-state index in [0.717, 1.165) is 29.7 Å². The van der Waals surface area contributed by atoms with Gasteiger partial charge in [0.2, 0.25) is 0 Å². The SMILES string of the molecule is CCOC(=O)c1c(NC(=O)COC(=O)CC)sc2c1CCC(C)C2. The summed E-state index contributed by atoms with van der Waals surface area (Å²) in [5.74, 6) is -0.741. The number of rotatable bonds is 6. The standard InChI is InChI=1S/C17H23NO5S/c1-4-14(20)23-9-13(19)18-16-15(17(21)22-5-2)11-7-6-10(3)8-12(11)24-16/h10H,4-9H2,1-3H3,(H,18,19). The van der Waals surface area contributed by atoms with Crippen molar-refractivity contribution in [1.82, 2.24) is 0 Å². The summed E-state index contributed by atoms with van der Waals surface area (Å²) in [5.41, 5.74) is 1.44. The molecule has 0 saturated heterocycles. The lowest BCUT2D eigenvalue weighted by molar-refractivity contribution is -0.146. The first kappa shape index (κ1) is 18.4. The zero-order valence-corrected chi connectivity index (χ0v) is 15.1. The number of amides is 1. The topological polar surface area (TPSA) is 81.7 Å². The molecule has 132 valence electrons. The number of carbonyl (C=O) groups is 3. The average Bonchev–Trinajstić information content (AvgIpc) is 2.89. The van der Waals surface area contributed by atoms with Crippen molar-refractivity contribution in [3.05, 3.63) is 16.0 Å². The minimum absolute atomic E-state index is 0.215. The Morgan fingerprint density at radius 1 is 1.25 bits per heavy atom. The molecule has 1 aliphatic rings. The molecule has 0 spiro atoms. The molecule has 2 rings (SSSR count). The Kier molecular flexibility index (Phi) is 6.36. The molecule has 7 heteroatoms. The van der Waals surface area contributed by atoms with E-state index in [1.807, 2.05) is 0 Å². The monoisotopic (exact) mass is 353 g/mol. The van der Waals surface area contributed by atoms with Gasteiger partial charge in [0.25, 0.3) is 5.91 Å². The van der Waals surface area contributed by atoms with Crippen molar-refractivity contribution in [2.24, 2.45) is 5.92 Å². The van der Waals surface area contributed by atoms with Crippen molar-refractivity contribution >= 4 is 34.2 Å². The first-order valence-electron chi connectivity index (χ1n) is 8.23. The predicted octanol–water partition coefficient (Wildman–Crippen LogP) is 2.94.